The minimum atomic E-state index is -3.54. The maximum absolute atomic E-state index is 12.9. The van der Waals surface area contributed by atoms with E-state index in [9.17, 15) is 23.1 Å². The van der Waals surface area contributed by atoms with E-state index in [2.05, 4.69) is 0 Å². The van der Waals surface area contributed by atoms with Crippen molar-refractivity contribution in [1.82, 2.24) is 19.0 Å². The van der Waals surface area contributed by atoms with E-state index in [-0.39, 0.29) is 29.7 Å². The molecule has 182 valence electrons. The van der Waals surface area contributed by atoms with E-state index in [1.165, 1.54) is 10.4 Å². The average molecular weight is 487 g/mol. The van der Waals surface area contributed by atoms with Gasteiger partial charge in [0.2, 0.25) is 15.9 Å². The summed E-state index contributed by atoms with van der Waals surface area (Å²) in [5.74, 6) is -0.310. The SMILES string of the molecule is Cc1ccc(S(=O)(=O)N2CCN(CC(=O)N3CCN(C(=O)c4ccccc4O)CC3)CC2)cc1. The highest BCUT2D eigenvalue weighted by molar-refractivity contribution is 7.89. The highest BCUT2D eigenvalue weighted by atomic mass is 32.2. The first-order valence-corrected chi connectivity index (χ1v) is 12.8. The molecule has 34 heavy (non-hydrogen) atoms. The van der Waals surface area contributed by atoms with Gasteiger partial charge in [-0.05, 0) is 31.2 Å². The monoisotopic (exact) mass is 486 g/mol. The van der Waals surface area contributed by atoms with Crippen LogP contribution < -0.4 is 0 Å². The number of sulfonamides is 1. The van der Waals surface area contributed by atoms with Gasteiger partial charge in [-0.2, -0.15) is 4.31 Å². The number of amides is 2. The molecule has 0 saturated carbocycles. The van der Waals surface area contributed by atoms with Crippen LogP contribution >= 0.6 is 0 Å². The molecule has 2 amide bonds. The molecule has 2 aliphatic rings. The highest BCUT2D eigenvalue weighted by Gasteiger charge is 2.31. The van der Waals surface area contributed by atoms with Gasteiger partial charge in [0.15, 0.2) is 0 Å². The first-order chi connectivity index (χ1) is 16.3. The Morgan fingerprint density at radius 3 is 2.03 bits per heavy atom. The van der Waals surface area contributed by atoms with Crippen LogP contribution in [0.5, 0.6) is 5.75 Å². The summed E-state index contributed by atoms with van der Waals surface area (Å²) in [5, 5.41) is 9.92. The van der Waals surface area contributed by atoms with Gasteiger partial charge in [-0.15, -0.1) is 0 Å². The third-order valence-electron chi connectivity index (χ3n) is 6.40. The number of carbonyl (C=O) groups excluding carboxylic acids is 2. The van der Waals surface area contributed by atoms with Crippen LogP contribution in [0.25, 0.3) is 0 Å². The lowest BCUT2D eigenvalue weighted by atomic mass is 10.1. The second-order valence-electron chi connectivity index (χ2n) is 8.68. The van der Waals surface area contributed by atoms with Crippen molar-refractivity contribution in [3.05, 3.63) is 59.7 Å². The molecule has 2 fully saturated rings. The maximum atomic E-state index is 12.9. The number of hydrogen-bond acceptors (Lipinski definition) is 6. The van der Waals surface area contributed by atoms with Crippen LogP contribution in [0, 0.1) is 6.92 Å². The predicted octanol–water partition coefficient (Wildman–Crippen LogP) is 0.992. The van der Waals surface area contributed by atoms with E-state index in [0.29, 0.717) is 57.3 Å². The summed E-state index contributed by atoms with van der Waals surface area (Å²) in [6.07, 6.45) is 0. The van der Waals surface area contributed by atoms with E-state index in [4.69, 9.17) is 0 Å². The van der Waals surface area contributed by atoms with Gasteiger partial charge in [0, 0.05) is 52.4 Å². The molecule has 0 unspecified atom stereocenters. The summed E-state index contributed by atoms with van der Waals surface area (Å²) in [5.41, 5.74) is 1.27. The van der Waals surface area contributed by atoms with E-state index in [0.717, 1.165) is 5.56 Å². The maximum Gasteiger partial charge on any atom is 0.257 e. The summed E-state index contributed by atoms with van der Waals surface area (Å²) in [6, 6.07) is 13.3. The Kier molecular flexibility index (Phi) is 7.20. The Balaban J connectivity index is 1.25. The molecule has 4 rings (SSSR count). The van der Waals surface area contributed by atoms with Crippen LogP contribution in [0.3, 0.4) is 0 Å². The van der Waals surface area contributed by atoms with Crippen molar-refractivity contribution in [3.63, 3.8) is 0 Å². The average Bonchev–Trinajstić information content (AvgIpc) is 2.84. The molecule has 2 aromatic rings. The molecule has 2 aromatic carbocycles. The molecule has 10 heteroatoms. The van der Waals surface area contributed by atoms with Crippen LogP contribution in [0.2, 0.25) is 0 Å². The number of benzene rings is 2. The summed E-state index contributed by atoms with van der Waals surface area (Å²) >= 11 is 0. The summed E-state index contributed by atoms with van der Waals surface area (Å²) in [4.78, 5) is 31.1. The van der Waals surface area contributed by atoms with Gasteiger partial charge in [-0.3, -0.25) is 14.5 Å². The Bertz CT molecular complexity index is 1140. The number of aromatic hydroxyl groups is 1. The van der Waals surface area contributed by atoms with Crippen molar-refractivity contribution in [2.75, 3.05) is 58.9 Å². The van der Waals surface area contributed by atoms with E-state index in [1.807, 2.05) is 11.8 Å². The van der Waals surface area contributed by atoms with Gasteiger partial charge in [-0.25, -0.2) is 8.42 Å². The van der Waals surface area contributed by atoms with Gasteiger partial charge in [0.05, 0.1) is 17.0 Å². The zero-order valence-electron chi connectivity index (χ0n) is 19.3. The van der Waals surface area contributed by atoms with Crippen molar-refractivity contribution in [3.8, 4) is 5.75 Å². The fourth-order valence-corrected chi connectivity index (χ4v) is 5.68. The fraction of sp³-hybridized carbons (Fsp3) is 0.417. The second kappa shape index (κ2) is 10.1. The molecule has 1 N–H and O–H groups in total. The fourth-order valence-electron chi connectivity index (χ4n) is 4.26. The van der Waals surface area contributed by atoms with Crippen molar-refractivity contribution in [1.29, 1.82) is 0 Å². The zero-order chi connectivity index (χ0) is 24.3. The quantitative estimate of drug-likeness (QED) is 0.677. The van der Waals surface area contributed by atoms with Gasteiger partial charge >= 0.3 is 0 Å². The second-order valence-corrected chi connectivity index (χ2v) is 10.6. The number of piperazine rings is 2. The lowest BCUT2D eigenvalue weighted by molar-refractivity contribution is -0.134. The molecule has 0 bridgehead atoms. The smallest absolute Gasteiger partial charge is 0.257 e. The molecular weight excluding hydrogens is 456 g/mol. The topological polar surface area (TPSA) is 101 Å². The van der Waals surface area contributed by atoms with Crippen LogP contribution in [-0.4, -0.2) is 103 Å². The lowest BCUT2D eigenvalue weighted by Gasteiger charge is -2.37. The molecule has 2 aliphatic heterocycles. The first-order valence-electron chi connectivity index (χ1n) is 11.4. The Morgan fingerprint density at radius 1 is 0.824 bits per heavy atom. The molecule has 9 nitrogen and oxygen atoms in total. The highest BCUT2D eigenvalue weighted by Crippen LogP contribution is 2.20. The van der Waals surface area contributed by atoms with Gasteiger partial charge in [0.25, 0.3) is 5.91 Å². The number of phenolic OH excluding ortho intramolecular Hbond substituents is 1. The van der Waals surface area contributed by atoms with Crippen LogP contribution in [0.15, 0.2) is 53.4 Å². The molecule has 0 aromatic heterocycles. The Hall–Kier alpha value is -2.95. The minimum absolute atomic E-state index is 0.0236. The molecule has 0 atom stereocenters. The van der Waals surface area contributed by atoms with Gasteiger partial charge < -0.3 is 14.9 Å². The van der Waals surface area contributed by atoms with Gasteiger partial charge in [-0.1, -0.05) is 29.8 Å². The zero-order valence-corrected chi connectivity index (χ0v) is 20.1. The summed E-state index contributed by atoms with van der Waals surface area (Å²) < 4.78 is 27.2. The third-order valence-corrected chi connectivity index (χ3v) is 8.32. The standard InChI is InChI=1S/C24H30N4O5S/c1-19-6-8-20(9-7-19)34(32,33)28-16-10-25(11-17-28)18-23(30)26-12-14-27(15-13-26)24(31)21-4-2-3-5-22(21)29/h2-9,29H,10-18H2,1H3. The third kappa shape index (κ3) is 5.24. The Labute approximate surface area is 200 Å². The minimum Gasteiger partial charge on any atom is -0.507 e. The lowest BCUT2D eigenvalue weighted by Crippen LogP contribution is -2.55. The first kappa shape index (κ1) is 24.2. The van der Waals surface area contributed by atoms with Crippen molar-refractivity contribution in [2.45, 2.75) is 11.8 Å². The van der Waals surface area contributed by atoms with Crippen molar-refractivity contribution < 1.29 is 23.1 Å². The van der Waals surface area contributed by atoms with Crippen molar-refractivity contribution >= 4 is 21.8 Å². The molecule has 2 saturated heterocycles. The van der Waals surface area contributed by atoms with E-state index < -0.39 is 10.0 Å². The normalized spacial score (nSPS) is 18.1. The summed E-state index contributed by atoms with van der Waals surface area (Å²) in [7, 11) is -3.54. The number of nitrogens with zero attached hydrogens (tertiary/aromatic N) is 4. The number of para-hydroxylation sites is 1. The number of carbonyl (C=O) groups is 2. The van der Waals surface area contributed by atoms with E-state index in [1.54, 1.807) is 52.3 Å². The molecule has 0 aliphatic carbocycles. The van der Waals surface area contributed by atoms with Crippen LogP contribution in [0.1, 0.15) is 15.9 Å². The largest absolute Gasteiger partial charge is 0.507 e. The number of phenols is 1. The molecule has 2 heterocycles. The molecular formula is C24H30N4O5S. The molecule has 0 radical (unpaired) electrons. The molecule has 0 spiro atoms. The van der Waals surface area contributed by atoms with Gasteiger partial charge in [0.1, 0.15) is 5.75 Å². The van der Waals surface area contributed by atoms with Crippen LogP contribution in [0.4, 0.5) is 0 Å². The number of hydrogen-bond donors (Lipinski definition) is 1. The van der Waals surface area contributed by atoms with E-state index >= 15 is 0 Å². The Morgan fingerprint density at radius 2 is 1.41 bits per heavy atom. The summed E-state index contributed by atoms with van der Waals surface area (Å²) in [6.45, 7) is 5.47. The number of aryl methyl sites for hydroxylation is 1. The van der Waals surface area contributed by atoms with Crippen molar-refractivity contribution in [2.24, 2.45) is 0 Å². The predicted molar refractivity (Wildman–Crippen MR) is 127 cm³/mol. The number of rotatable bonds is 5. The van der Waals surface area contributed by atoms with Crippen LogP contribution in [-0.2, 0) is 14.8 Å².